The first-order valence-corrected chi connectivity index (χ1v) is 9.89. The maximum Gasteiger partial charge on any atom is 0.129 e. The SMILES string of the molecule is CC1(C)CCC(C)(C)c2cc(-c3cccc(N4CCC(N)C4)n3)ccc21. The van der Waals surface area contributed by atoms with Gasteiger partial charge in [0.15, 0.2) is 0 Å². The monoisotopic (exact) mass is 349 g/mol. The zero-order valence-electron chi connectivity index (χ0n) is 16.5. The van der Waals surface area contributed by atoms with Crippen molar-refractivity contribution in [2.45, 2.75) is 63.8 Å². The highest BCUT2D eigenvalue weighted by Gasteiger charge is 2.37. The predicted molar refractivity (Wildman–Crippen MR) is 110 cm³/mol. The smallest absolute Gasteiger partial charge is 0.129 e. The number of aromatic nitrogens is 1. The quantitative estimate of drug-likeness (QED) is 0.859. The van der Waals surface area contributed by atoms with E-state index in [1.54, 1.807) is 0 Å². The molecule has 1 atom stereocenters. The summed E-state index contributed by atoms with van der Waals surface area (Å²) >= 11 is 0. The number of benzene rings is 1. The lowest BCUT2D eigenvalue weighted by Gasteiger charge is -2.42. The van der Waals surface area contributed by atoms with Crippen LogP contribution in [0.4, 0.5) is 5.82 Å². The number of fused-ring (bicyclic) bond motifs is 1. The van der Waals surface area contributed by atoms with E-state index >= 15 is 0 Å². The predicted octanol–water partition coefficient (Wildman–Crippen LogP) is 4.64. The lowest BCUT2D eigenvalue weighted by atomic mass is 9.63. The summed E-state index contributed by atoms with van der Waals surface area (Å²) in [5.74, 6) is 1.05. The molecule has 3 nitrogen and oxygen atoms in total. The molecule has 2 aliphatic rings. The van der Waals surface area contributed by atoms with Crippen LogP contribution < -0.4 is 10.6 Å². The fraction of sp³-hybridized carbons (Fsp3) is 0.522. The molecule has 0 spiro atoms. The zero-order valence-corrected chi connectivity index (χ0v) is 16.5. The number of hydrogen-bond acceptors (Lipinski definition) is 3. The Balaban J connectivity index is 1.73. The van der Waals surface area contributed by atoms with Gasteiger partial charge in [-0.15, -0.1) is 0 Å². The Morgan fingerprint density at radius 2 is 1.73 bits per heavy atom. The third kappa shape index (κ3) is 3.03. The van der Waals surface area contributed by atoms with E-state index in [0.717, 1.165) is 31.0 Å². The molecule has 0 radical (unpaired) electrons. The summed E-state index contributed by atoms with van der Waals surface area (Å²) in [6, 6.07) is 13.6. The van der Waals surface area contributed by atoms with Crippen LogP contribution in [0.1, 0.15) is 58.1 Å². The lowest BCUT2D eigenvalue weighted by molar-refractivity contribution is 0.332. The summed E-state index contributed by atoms with van der Waals surface area (Å²) in [7, 11) is 0. The highest BCUT2D eigenvalue weighted by molar-refractivity contribution is 5.65. The minimum Gasteiger partial charge on any atom is -0.355 e. The van der Waals surface area contributed by atoms with E-state index < -0.39 is 0 Å². The lowest BCUT2D eigenvalue weighted by Crippen LogP contribution is -2.33. The molecule has 0 saturated carbocycles. The standard InChI is InChI=1S/C23H31N3/c1-22(2)11-12-23(3,4)19-14-16(8-9-18(19)22)20-6-5-7-21(25-20)26-13-10-17(24)15-26/h5-9,14,17H,10-13,15,24H2,1-4H3. The summed E-state index contributed by atoms with van der Waals surface area (Å²) in [6.45, 7) is 11.4. The molecule has 1 aliphatic carbocycles. The third-order valence-electron chi connectivity index (χ3n) is 6.43. The van der Waals surface area contributed by atoms with Crippen LogP contribution in [0.15, 0.2) is 36.4 Å². The molecule has 1 aromatic carbocycles. The van der Waals surface area contributed by atoms with Crippen LogP contribution in [-0.4, -0.2) is 24.1 Å². The Labute approximate surface area is 157 Å². The fourth-order valence-corrected chi connectivity index (χ4v) is 4.50. The summed E-state index contributed by atoms with van der Waals surface area (Å²) in [6.07, 6.45) is 3.53. The van der Waals surface area contributed by atoms with Gasteiger partial charge in [-0.25, -0.2) is 4.98 Å². The van der Waals surface area contributed by atoms with Crippen LogP contribution in [0.3, 0.4) is 0 Å². The van der Waals surface area contributed by atoms with E-state index in [9.17, 15) is 0 Å². The molecule has 1 fully saturated rings. The van der Waals surface area contributed by atoms with Gasteiger partial charge in [0, 0.05) is 24.7 Å². The van der Waals surface area contributed by atoms with Gasteiger partial charge in [-0.05, 0) is 59.4 Å². The second-order valence-corrected chi connectivity index (χ2v) is 9.40. The maximum absolute atomic E-state index is 6.07. The minimum absolute atomic E-state index is 0.222. The Morgan fingerprint density at radius 1 is 1.00 bits per heavy atom. The van der Waals surface area contributed by atoms with E-state index in [2.05, 4.69) is 69.0 Å². The Morgan fingerprint density at radius 3 is 2.42 bits per heavy atom. The molecule has 2 N–H and O–H groups in total. The van der Waals surface area contributed by atoms with Crippen molar-refractivity contribution in [2.24, 2.45) is 5.73 Å². The number of anilines is 1. The molecule has 0 amide bonds. The van der Waals surface area contributed by atoms with Crippen LogP contribution in [-0.2, 0) is 10.8 Å². The van der Waals surface area contributed by atoms with Gasteiger partial charge in [0.1, 0.15) is 5.82 Å². The van der Waals surface area contributed by atoms with E-state index in [-0.39, 0.29) is 16.9 Å². The van der Waals surface area contributed by atoms with Gasteiger partial charge in [0.05, 0.1) is 5.69 Å². The molecule has 0 bridgehead atoms. The zero-order chi connectivity index (χ0) is 18.5. The highest BCUT2D eigenvalue weighted by atomic mass is 15.2. The molecule has 138 valence electrons. The second kappa shape index (κ2) is 6.09. The summed E-state index contributed by atoms with van der Waals surface area (Å²) < 4.78 is 0. The van der Waals surface area contributed by atoms with Gasteiger partial charge in [-0.1, -0.05) is 45.9 Å². The van der Waals surface area contributed by atoms with Crippen molar-refractivity contribution in [3.63, 3.8) is 0 Å². The molecule has 26 heavy (non-hydrogen) atoms. The summed E-state index contributed by atoms with van der Waals surface area (Å²) in [5, 5.41) is 0. The second-order valence-electron chi connectivity index (χ2n) is 9.40. The van der Waals surface area contributed by atoms with Crippen LogP contribution in [0, 0.1) is 0 Å². The Kier molecular flexibility index (Phi) is 4.11. The maximum atomic E-state index is 6.07. The van der Waals surface area contributed by atoms with Crippen LogP contribution in [0.5, 0.6) is 0 Å². The van der Waals surface area contributed by atoms with Crippen molar-refractivity contribution in [1.82, 2.24) is 4.98 Å². The van der Waals surface area contributed by atoms with Crippen molar-refractivity contribution in [1.29, 1.82) is 0 Å². The molecule has 1 aromatic heterocycles. The van der Waals surface area contributed by atoms with Crippen LogP contribution >= 0.6 is 0 Å². The molecule has 1 saturated heterocycles. The van der Waals surface area contributed by atoms with E-state index in [1.807, 2.05) is 0 Å². The minimum atomic E-state index is 0.222. The van der Waals surface area contributed by atoms with Crippen LogP contribution in [0.25, 0.3) is 11.3 Å². The number of rotatable bonds is 2. The van der Waals surface area contributed by atoms with Gasteiger partial charge in [-0.3, -0.25) is 0 Å². The van der Waals surface area contributed by atoms with Gasteiger partial charge in [-0.2, -0.15) is 0 Å². The summed E-state index contributed by atoms with van der Waals surface area (Å²) in [5.41, 5.74) is 11.8. The van der Waals surface area contributed by atoms with E-state index in [0.29, 0.717) is 0 Å². The first-order valence-electron chi connectivity index (χ1n) is 9.89. The van der Waals surface area contributed by atoms with Crippen molar-refractivity contribution in [3.05, 3.63) is 47.5 Å². The number of pyridine rings is 1. The largest absolute Gasteiger partial charge is 0.355 e. The molecule has 3 heteroatoms. The third-order valence-corrected chi connectivity index (χ3v) is 6.43. The van der Waals surface area contributed by atoms with Crippen molar-refractivity contribution < 1.29 is 0 Å². The highest BCUT2D eigenvalue weighted by Crippen LogP contribution is 2.46. The van der Waals surface area contributed by atoms with E-state index in [4.69, 9.17) is 10.7 Å². The average molecular weight is 350 g/mol. The number of hydrogen-bond donors (Lipinski definition) is 1. The molecular weight excluding hydrogens is 318 g/mol. The topological polar surface area (TPSA) is 42.1 Å². The number of nitrogens with two attached hydrogens (primary N) is 1. The van der Waals surface area contributed by atoms with Gasteiger partial charge >= 0.3 is 0 Å². The normalized spacial score (nSPS) is 23.7. The van der Waals surface area contributed by atoms with Gasteiger partial charge in [0.2, 0.25) is 0 Å². The van der Waals surface area contributed by atoms with Crippen molar-refractivity contribution in [3.8, 4) is 11.3 Å². The molecule has 1 unspecified atom stereocenters. The first kappa shape index (κ1) is 17.5. The summed E-state index contributed by atoms with van der Waals surface area (Å²) in [4.78, 5) is 7.27. The molecule has 2 aromatic rings. The van der Waals surface area contributed by atoms with Gasteiger partial charge < -0.3 is 10.6 Å². The number of nitrogens with zero attached hydrogens (tertiary/aromatic N) is 2. The molecule has 1 aliphatic heterocycles. The van der Waals surface area contributed by atoms with Crippen molar-refractivity contribution >= 4 is 5.82 Å². The first-order chi connectivity index (χ1) is 12.3. The molecule has 2 heterocycles. The molecule has 4 rings (SSSR count). The van der Waals surface area contributed by atoms with Gasteiger partial charge in [0.25, 0.3) is 0 Å². The average Bonchev–Trinajstić information content (AvgIpc) is 3.05. The fourth-order valence-electron chi connectivity index (χ4n) is 4.50. The Hall–Kier alpha value is -1.87. The van der Waals surface area contributed by atoms with E-state index in [1.165, 1.54) is 29.5 Å². The van der Waals surface area contributed by atoms with Crippen LogP contribution in [0.2, 0.25) is 0 Å². The van der Waals surface area contributed by atoms with Crippen molar-refractivity contribution in [2.75, 3.05) is 18.0 Å². The Bertz CT molecular complexity index is 822. The molecular formula is C23H31N3.